The Morgan fingerprint density at radius 1 is 1.31 bits per heavy atom. The predicted molar refractivity (Wildman–Crippen MR) is 64.1 cm³/mol. The molecule has 0 aliphatic heterocycles. The van der Waals surface area contributed by atoms with E-state index in [9.17, 15) is 0 Å². The van der Waals surface area contributed by atoms with Gasteiger partial charge in [-0.15, -0.1) is 0 Å². The summed E-state index contributed by atoms with van der Waals surface area (Å²) in [5.74, 6) is 6.10. The van der Waals surface area contributed by atoms with E-state index < -0.39 is 0 Å². The van der Waals surface area contributed by atoms with Gasteiger partial charge in [-0.3, -0.25) is 0 Å². The van der Waals surface area contributed by atoms with Crippen LogP contribution in [0.5, 0.6) is 0 Å². The van der Waals surface area contributed by atoms with Gasteiger partial charge in [-0.25, -0.2) is 5.90 Å². The second kappa shape index (κ2) is 3.92. The van der Waals surface area contributed by atoms with Crippen molar-refractivity contribution in [3.8, 4) is 0 Å². The average Bonchev–Trinajstić information content (AvgIpc) is 2.58. The largest absolute Gasteiger partial charge is 0.460 e. The van der Waals surface area contributed by atoms with Crippen LogP contribution in [0.4, 0.5) is 0 Å². The van der Waals surface area contributed by atoms with Crippen molar-refractivity contribution in [3.05, 3.63) is 35.6 Å². The molecule has 0 saturated heterocycles. The molecule has 1 aromatic carbocycles. The van der Waals surface area contributed by atoms with E-state index in [1.54, 1.807) is 0 Å². The summed E-state index contributed by atoms with van der Waals surface area (Å²) in [6, 6.07) is 8.03. The molecule has 3 nitrogen and oxygen atoms in total. The molecule has 2 aromatic rings. The Morgan fingerprint density at radius 2 is 2.00 bits per heavy atom. The van der Waals surface area contributed by atoms with Crippen LogP contribution in [0.3, 0.4) is 0 Å². The number of fused-ring (bicyclic) bond motifs is 1. The second-order valence-corrected chi connectivity index (χ2v) is 4.75. The minimum atomic E-state index is -0.210. The van der Waals surface area contributed by atoms with Crippen LogP contribution < -0.4 is 5.90 Å². The van der Waals surface area contributed by atoms with Crippen LogP contribution >= 0.6 is 0 Å². The maximum Gasteiger partial charge on any atom is 0.134 e. The molecule has 2 rings (SSSR count). The molecule has 0 bridgehead atoms. The predicted octanol–water partition coefficient (Wildman–Crippen LogP) is 2.91. The van der Waals surface area contributed by atoms with Gasteiger partial charge in [-0.1, -0.05) is 32.0 Å². The highest BCUT2D eigenvalue weighted by Crippen LogP contribution is 2.33. The van der Waals surface area contributed by atoms with E-state index in [0.717, 1.165) is 22.3 Å². The number of aryl methyl sites for hydroxylation is 1. The summed E-state index contributed by atoms with van der Waals surface area (Å²) in [6.07, 6.45) is 0. The van der Waals surface area contributed by atoms with Gasteiger partial charge in [0.25, 0.3) is 0 Å². The van der Waals surface area contributed by atoms with Crippen LogP contribution in [-0.2, 0) is 10.3 Å². The monoisotopic (exact) mass is 219 g/mol. The lowest BCUT2D eigenvalue weighted by atomic mass is 9.88. The van der Waals surface area contributed by atoms with Crippen LogP contribution in [0.25, 0.3) is 11.0 Å². The lowest BCUT2D eigenvalue weighted by Gasteiger charge is -2.21. The van der Waals surface area contributed by atoms with E-state index in [4.69, 9.17) is 15.2 Å². The molecular weight excluding hydrogens is 202 g/mol. The lowest BCUT2D eigenvalue weighted by Crippen LogP contribution is -2.26. The normalized spacial score (nSPS) is 12.2. The molecule has 0 fully saturated rings. The van der Waals surface area contributed by atoms with Crippen LogP contribution in [0.15, 0.2) is 28.7 Å². The SMILES string of the molecule is Cc1c(C(C)(C)CON)oc2ccccc12. The van der Waals surface area contributed by atoms with E-state index >= 15 is 0 Å². The topological polar surface area (TPSA) is 48.4 Å². The smallest absolute Gasteiger partial charge is 0.134 e. The molecule has 3 heteroatoms. The molecular formula is C13H17NO2. The van der Waals surface area contributed by atoms with Crippen molar-refractivity contribution in [1.82, 2.24) is 0 Å². The van der Waals surface area contributed by atoms with Crippen molar-refractivity contribution in [2.45, 2.75) is 26.2 Å². The zero-order valence-electron chi connectivity index (χ0n) is 9.91. The fourth-order valence-electron chi connectivity index (χ4n) is 2.09. The summed E-state index contributed by atoms with van der Waals surface area (Å²) < 4.78 is 5.88. The average molecular weight is 219 g/mol. The number of hydrogen-bond donors (Lipinski definition) is 1. The Balaban J connectivity index is 2.57. The number of rotatable bonds is 3. The molecule has 1 heterocycles. The zero-order chi connectivity index (χ0) is 11.8. The first kappa shape index (κ1) is 11.2. The highest BCUT2D eigenvalue weighted by molar-refractivity contribution is 5.82. The maximum absolute atomic E-state index is 5.88. The first-order valence-corrected chi connectivity index (χ1v) is 5.36. The molecule has 86 valence electrons. The Kier molecular flexibility index (Phi) is 2.74. The van der Waals surface area contributed by atoms with Gasteiger partial charge < -0.3 is 9.25 Å². The van der Waals surface area contributed by atoms with E-state index in [1.807, 2.05) is 18.2 Å². The molecule has 0 aliphatic carbocycles. The molecule has 0 atom stereocenters. The number of nitrogens with two attached hydrogens (primary N) is 1. The van der Waals surface area contributed by atoms with E-state index in [2.05, 4.69) is 26.8 Å². The van der Waals surface area contributed by atoms with Crippen molar-refractivity contribution in [2.75, 3.05) is 6.61 Å². The fraction of sp³-hybridized carbons (Fsp3) is 0.385. The molecule has 1 aromatic heterocycles. The van der Waals surface area contributed by atoms with Gasteiger partial charge in [0, 0.05) is 10.8 Å². The van der Waals surface area contributed by atoms with Gasteiger partial charge in [0.2, 0.25) is 0 Å². The first-order valence-electron chi connectivity index (χ1n) is 5.36. The number of hydrogen-bond acceptors (Lipinski definition) is 3. The van der Waals surface area contributed by atoms with Gasteiger partial charge in [0.15, 0.2) is 0 Å². The van der Waals surface area contributed by atoms with Gasteiger partial charge in [-0.05, 0) is 18.6 Å². The summed E-state index contributed by atoms with van der Waals surface area (Å²) in [4.78, 5) is 4.75. The van der Waals surface area contributed by atoms with E-state index in [1.165, 1.54) is 0 Å². The highest BCUT2D eigenvalue weighted by Gasteiger charge is 2.28. The maximum atomic E-state index is 5.88. The minimum absolute atomic E-state index is 0.210. The van der Waals surface area contributed by atoms with Gasteiger partial charge in [0.1, 0.15) is 11.3 Å². The molecule has 2 N–H and O–H groups in total. The summed E-state index contributed by atoms with van der Waals surface area (Å²) >= 11 is 0. The zero-order valence-corrected chi connectivity index (χ0v) is 9.91. The summed E-state index contributed by atoms with van der Waals surface area (Å²) in [7, 11) is 0. The highest BCUT2D eigenvalue weighted by atomic mass is 16.6. The Labute approximate surface area is 95.1 Å². The molecule has 0 unspecified atom stereocenters. The van der Waals surface area contributed by atoms with Crippen molar-refractivity contribution < 1.29 is 9.25 Å². The summed E-state index contributed by atoms with van der Waals surface area (Å²) in [6.45, 7) is 6.63. The number of furan rings is 1. The fourth-order valence-corrected chi connectivity index (χ4v) is 2.09. The standard InChI is InChI=1S/C13H17NO2/c1-9-10-6-4-5-7-11(10)16-12(9)13(2,3)8-15-14/h4-7H,8,14H2,1-3H3. The van der Waals surface area contributed by atoms with Crippen molar-refractivity contribution >= 4 is 11.0 Å². The van der Waals surface area contributed by atoms with E-state index in [-0.39, 0.29) is 5.41 Å². The number of benzene rings is 1. The molecule has 0 radical (unpaired) electrons. The molecule has 16 heavy (non-hydrogen) atoms. The molecule has 0 spiro atoms. The number of para-hydroxylation sites is 1. The third-order valence-corrected chi connectivity index (χ3v) is 2.90. The molecule has 0 aliphatic rings. The van der Waals surface area contributed by atoms with Crippen LogP contribution in [0.1, 0.15) is 25.2 Å². The van der Waals surface area contributed by atoms with Gasteiger partial charge in [-0.2, -0.15) is 0 Å². The van der Waals surface area contributed by atoms with Crippen LogP contribution in [0.2, 0.25) is 0 Å². The Morgan fingerprint density at radius 3 is 2.62 bits per heavy atom. The van der Waals surface area contributed by atoms with Gasteiger partial charge >= 0.3 is 0 Å². The van der Waals surface area contributed by atoms with Crippen molar-refractivity contribution in [2.24, 2.45) is 5.90 Å². The minimum Gasteiger partial charge on any atom is -0.460 e. The van der Waals surface area contributed by atoms with E-state index in [0.29, 0.717) is 6.61 Å². The molecule has 0 saturated carbocycles. The van der Waals surface area contributed by atoms with Crippen molar-refractivity contribution in [1.29, 1.82) is 0 Å². The third-order valence-electron chi connectivity index (χ3n) is 2.90. The van der Waals surface area contributed by atoms with Gasteiger partial charge in [0.05, 0.1) is 6.61 Å². The first-order chi connectivity index (χ1) is 7.56. The summed E-state index contributed by atoms with van der Waals surface area (Å²) in [5.41, 5.74) is 1.87. The Hall–Kier alpha value is -1.32. The molecule has 0 amide bonds. The Bertz CT molecular complexity index is 500. The van der Waals surface area contributed by atoms with Crippen LogP contribution in [-0.4, -0.2) is 6.61 Å². The second-order valence-electron chi connectivity index (χ2n) is 4.75. The summed E-state index contributed by atoms with van der Waals surface area (Å²) in [5, 5.41) is 1.16. The van der Waals surface area contributed by atoms with Crippen molar-refractivity contribution in [3.63, 3.8) is 0 Å². The third kappa shape index (κ3) is 1.72. The quantitative estimate of drug-likeness (QED) is 0.807. The lowest BCUT2D eigenvalue weighted by molar-refractivity contribution is 0.0883. The van der Waals surface area contributed by atoms with Crippen LogP contribution in [0, 0.1) is 6.92 Å².